The van der Waals surface area contributed by atoms with E-state index in [-0.39, 0.29) is 23.8 Å². The predicted octanol–water partition coefficient (Wildman–Crippen LogP) is 4.16. The molecule has 1 N–H and O–H groups in total. The Labute approximate surface area is 168 Å². The van der Waals surface area contributed by atoms with Gasteiger partial charge in [0.2, 0.25) is 11.5 Å². The molecule has 7 heteroatoms. The Morgan fingerprint density at radius 2 is 1.86 bits per heavy atom. The average molecular weight is 397 g/mol. The van der Waals surface area contributed by atoms with Crippen molar-refractivity contribution in [2.75, 3.05) is 13.2 Å². The fourth-order valence-corrected chi connectivity index (χ4v) is 3.44. The minimum atomic E-state index is -0.739. The molecule has 0 saturated carbocycles. The van der Waals surface area contributed by atoms with E-state index in [4.69, 9.17) is 13.9 Å². The van der Waals surface area contributed by atoms with Crippen molar-refractivity contribution in [2.24, 2.45) is 0 Å². The molecule has 0 amide bonds. The standard InChI is InChI=1S/C22H23NO6/c1-5-27-10-16-15-8-6-7-9-18(15)29-21(16)22(26)28-11-17(25)20-12(2)19(14(4)24)13(3)23-20/h6-9,23H,5,10-11H2,1-4H3. The Balaban J connectivity index is 1.80. The molecule has 2 aromatic heterocycles. The summed E-state index contributed by atoms with van der Waals surface area (Å²) < 4.78 is 16.3. The summed E-state index contributed by atoms with van der Waals surface area (Å²) in [6, 6.07) is 7.23. The molecule has 0 radical (unpaired) electrons. The molecule has 7 nitrogen and oxygen atoms in total. The first-order valence-electron chi connectivity index (χ1n) is 9.33. The first kappa shape index (κ1) is 20.5. The number of H-pyrrole nitrogens is 1. The van der Waals surface area contributed by atoms with Crippen LogP contribution in [0.15, 0.2) is 28.7 Å². The topological polar surface area (TPSA) is 98.6 Å². The van der Waals surface area contributed by atoms with Crippen molar-refractivity contribution in [3.63, 3.8) is 0 Å². The Hall–Kier alpha value is -3.19. The van der Waals surface area contributed by atoms with Gasteiger partial charge < -0.3 is 18.9 Å². The highest BCUT2D eigenvalue weighted by Crippen LogP contribution is 2.27. The molecular formula is C22H23NO6. The number of aromatic nitrogens is 1. The molecule has 0 aliphatic carbocycles. The third kappa shape index (κ3) is 4.00. The largest absolute Gasteiger partial charge is 0.451 e. The van der Waals surface area contributed by atoms with Gasteiger partial charge in [0.15, 0.2) is 12.4 Å². The number of furan rings is 1. The SMILES string of the molecule is CCOCc1c(C(=O)OCC(=O)c2[nH]c(C)c(C(C)=O)c2C)oc2ccccc12. The number of esters is 1. The van der Waals surface area contributed by atoms with Gasteiger partial charge in [-0.25, -0.2) is 4.79 Å². The fourth-order valence-electron chi connectivity index (χ4n) is 3.44. The molecule has 2 heterocycles. The zero-order valence-corrected chi connectivity index (χ0v) is 16.9. The lowest BCUT2D eigenvalue weighted by Gasteiger charge is -2.05. The van der Waals surface area contributed by atoms with Crippen LogP contribution in [0.25, 0.3) is 11.0 Å². The molecule has 29 heavy (non-hydrogen) atoms. The van der Waals surface area contributed by atoms with E-state index >= 15 is 0 Å². The lowest BCUT2D eigenvalue weighted by Crippen LogP contribution is -2.16. The number of hydrogen-bond acceptors (Lipinski definition) is 6. The second-order valence-electron chi connectivity index (χ2n) is 6.72. The van der Waals surface area contributed by atoms with Gasteiger partial charge >= 0.3 is 5.97 Å². The summed E-state index contributed by atoms with van der Waals surface area (Å²) in [6.45, 7) is 6.92. The van der Waals surface area contributed by atoms with Crippen molar-refractivity contribution in [3.8, 4) is 0 Å². The molecule has 3 rings (SSSR count). The van der Waals surface area contributed by atoms with Crippen molar-refractivity contribution < 1.29 is 28.3 Å². The second kappa shape index (κ2) is 8.45. The number of hydrogen-bond donors (Lipinski definition) is 1. The quantitative estimate of drug-likeness (QED) is 0.453. The Bertz CT molecular complexity index is 1090. The number of ether oxygens (including phenoxy) is 2. The van der Waals surface area contributed by atoms with Gasteiger partial charge in [0.1, 0.15) is 5.58 Å². The van der Waals surface area contributed by atoms with Crippen LogP contribution < -0.4 is 0 Å². The molecule has 0 bridgehead atoms. The number of rotatable bonds is 8. The number of benzene rings is 1. The summed E-state index contributed by atoms with van der Waals surface area (Å²) >= 11 is 0. The van der Waals surface area contributed by atoms with Gasteiger partial charge in [-0.2, -0.15) is 0 Å². The van der Waals surface area contributed by atoms with Gasteiger partial charge in [0.05, 0.1) is 12.3 Å². The van der Waals surface area contributed by atoms with Crippen LogP contribution in [0.3, 0.4) is 0 Å². The predicted molar refractivity (Wildman–Crippen MR) is 106 cm³/mol. The molecule has 0 saturated heterocycles. The Morgan fingerprint density at radius 1 is 1.14 bits per heavy atom. The van der Waals surface area contributed by atoms with Crippen LogP contribution in [0, 0.1) is 13.8 Å². The van der Waals surface area contributed by atoms with E-state index in [1.165, 1.54) is 6.92 Å². The van der Waals surface area contributed by atoms with E-state index in [0.29, 0.717) is 34.6 Å². The van der Waals surface area contributed by atoms with Crippen LogP contribution in [0.2, 0.25) is 0 Å². The number of fused-ring (bicyclic) bond motifs is 1. The molecule has 0 atom stereocenters. The van der Waals surface area contributed by atoms with E-state index in [2.05, 4.69) is 4.98 Å². The van der Waals surface area contributed by atoms with Gasteiger partial charge in [-0.05, 0) is 39.3 Å². The monoisotopic (exact) mass is 397 g/mol. The number of aryl methyl sites for hydroxylation is 1. The summed E-state index contributed by atoms with van der Waals surface area (Å²) in [5, 5.41) is 0.765. The number of carbonyl (C=O) groups excluding carboxylic acids is 3. The van der Waals surface area contributed by atoms with E-state index in [1.807, 2.05) is 19.1 Å². The molecule has 0 spiro atoms. The van der Waals surface area contributed by atoms with E-state index < -0.39 is 18.4 Å². The van der Waals surface area contributed by atoms with Crippen LogP contribution >= 0.6 is 0 Å². The van der Waals surface area contributed by atoms with Crippen molar-refractivity contribution in [2.45, 2.75) is 34.3 Å². The van der Waals surface area contributed by atoms with Gasteiger partial charge in [-0.3, -0.25) is 9.59 Å². The highest BCUT2D eigenvalue weighted by Gasteiger charge is 2.25. The molecule has 0 aliphatic rings. The number of nitrogens with one attached hydrogen (secondary N) is 1. The van der Waals surface area contributed by atoms with Crippen LogP contribution in [0.1, 0.15) is 62.1 Å². The smallest absolute Gasteiger partial charge is 0.375 e. The first-order valence-corrected chi connectivity index (χ1v) is 9.33. The summed E-state index contributed by atoms with van der Waals surface area (Å²) in [7, 11) is 0. The maximum atomic E-state index is 12.6. The normalized spacial score (nSPS) is 11.0. The molecule has 1 aromatic carbocycles. The van der Waals surface area contributed by atoms with Crippen LogP contribution in [0.4, 0.5) is 0 Å². The fraction of sp³-hybridized carbons (Fsp3) is 0.318. The van der Waals surface area contributed by atoms with Gasteiger partial charge in [0, 0.05) is 28.8 Å². The molecule has 3 aromatic rings. The Kier molecular flexibility index (Phi) is 5.98. The molecule has 0 fully saturated rings. The lowest BCUT2D eigenvalue weighted by atomic mass is 10.1. The Morgan fingerprint density at radius 3 is 2.52 bits per heavy atom. The van der Waals surface area contributed by atoms with Gasteiger partial charge in [0.25, 0.3) is 0 Å². The highest BCUT2D eigenvalue weighted by molar-refractivity contribution is 6.04. The average Bonchev–Trinajstić information content (AvgIpc) is 3.21. The van der Waals surface area contributed by atoms with Crippen LogP contribution in [0.5, 0.6) is 0 Å². The highest BCUT2D eigenvalue weighted by atomic mass is 16.5. The molecule has 0 unspecified atom stereocenters. The van der Waals surface area contributed by atoms with Crippen molar-refractivity contribution in [1.29, 1.82) is 0 Å². The van der Waals surface area contributed by atoms with Crippen LogP contribution in [-0.2, 0) is 16.1 Å². The summed E-state index contributed by atoms with van der Waals surface area (Å²) in [4.78, 5) is 39.8. The zero-order chi connectivity index (χ0) is 21.1. The number of Topliss-reactive ketones (excluding diaryl/α,β-unsaturated/α-hetero) is 2. The van der Waals surface area contributed by atoms with E-state index in [9.17, 15) is 14.4 Å². The van der Waals surface area contributed by atoms with E-state index in [0.717, 1.165) is 5.39 Å². The molecule has 152 valence electrons. The number of ketones is 2. The van der Waals surface area contributed by atoms with Crippen LogP contribution in [-0.4, -0.2) is 35.7 Å². The molecule has 0 aliphatic heterocycles. The van der Waals surface area contributed by atoms with Gasteiger partial charge in [-0.1, -0.05) is 18.2 Å². The van der Waals surface area contributed by atoms with Crippen molar-refractivity contribution in [3.05, 3.63) is 58.1 Å². The zero-order valence-electron chi connectivity index (χ0n) is 16.9. The summed E-state index contributed by atoms with van der Waals surface area (Å²) in [6.07, 6.45) is 0. The third-order valence-electron chi connectivity index (χ3n) is 4.74. The molecular weight excluding hydrogens is 374 g/mol. The minimum absolute atomic E-state index is 0.0243. The first-order chi connectivity index (χ1) is 13.8. The summed E-state index contributed by atoms with van der Waals surface area (Å²) in [5.74, 6) is -1.27. The van der Waals surface area contributed by atoms with Gasteiger partial charge in [-0.15, -0.1) is 0 Å². The number of para-hydroxylation sites is 1. The lowest BCUT2D eigenvalue weighted by molar-refractivity contribution is 0.0437. The second-order valence-corrected chi connectivity index (χ2v) is 6.72. The van der Waals surface area contributed by atoms with E-state index in [1.54, 1.807) is 26.0 Å². The third-order valence-corrected chi connectivity index (χ3v) is 4.74. The number of aromatic amines is 1. The maximum Gasteiger partial charge on any atom is 0.375 e. The van der Waals surface area contributed by atoms with Crippen molar-refractivity contribution in [1.82, 2.24) is 4.98 Å². The van der Waals surface area contributed by atoms with Crippen molar-refractivity contribution >= 4 is 28.5 Å². The summed E-state index contributed by atoms with van der Waals surface area (Å²) in [5.41, 5.74) is 3.04. The number of carbonyl (C=O) groups is 3. The minimum Gasteiger partial charge on any atom is -0.451 e. The maximum absolute atomic E-state index is 12.6.